The Kier molecular flexibility index (Phi) is 8.01. The predicted octanol–water partition coefficient (Wildman–Crippen LogP) is 4.41. The Morgan fingerprint density at radius 2 is 1.58 bits per heavy atom. The summed E-state index contributed by atoms with van der Waals surface area (Å²) in [6.07, 6.45) is 2.75. The zero-order chi connectivity index (χ0) is 22.2. The van der Waals surface area contributed by atoms with Gasteiger partial charge < -0.3 is 9.64 Å². The Bertz CT molecular complexity index is 919. The molecule has 5 nitrogen and oxygen atoms in total. The second-order valence-electron chi connectivity index (χ2n) is 8.01. The van der Waals surface area contributed by atoms with Crippen LogP contribution in [0.2, 0.25) is 0 Å². The van der Waals surface area contributed by atoms with E-state index in [0.29, 0.717) is 37.4 Å². The fourth-order valence-electron chi connectivity index (χ4n) is 3.71. The van der Waals surface area contributed by atoms with Crippen molar-refractivity contribution in [2.45, 2.75) is 39.7 Å². The molecular formula is C26H32N2O3. The van der Waals surface area contributed by atoms with Crippen LogP contribution < -0.4 is 0 Å². The standard InChI is InChI=1S/C26H32N2O3/c1-4-5-17-31-18-9-16-28-25(29)23(22-14-12-20(2)13-15-22)24(26(28)30)27(3)19-21-10-7-6-8-11-21/h6-8,10-15H,4-5,9,16-19H2,1-3H3. The summed E-state index contributed by atoms with van der Waals surface area (Å²) >= 11 is 0. The van der Waals surface area contributed by atoms with Crippen LogP contribution in [-0.4, -0.2) is 48.4 Å². The number of likely N-dealkylation sites (N-methyl/N-ethyl adjacent to an activating group) is 1. The summed E-state index contributed by atoms with van der Waals surface area (Å²) in [5.41, 5.74) is 3.92. The quantitative estimate of drug-likeness (QED) is 0.399. The normalized spacial score (nSPS) is 14.0. The molecule has 0 radical (unpaired) electrons. The molecule has 5 heteroatoms. The topological polar surface area (TPSA) is 49.9 Å². The van der Waals surface area contributed by atoms with Crippen LogP contribution in [0.4, 0.5) is 0 Å². The second kappa shape index (κ2) is 10.9. The number of nitrogens with zero attached hydrogens (tertiary/aromatic N) is 2. The molecule has 0 saturated heterocycles. The Labute approximate surface area is 185 Å². The number of carbonyl (C=O) groups excluding carboxylic acids is 2. The molecule has 3 rings (SSSR count). The van der Waals surface area contributed by atoms with Crippen LogP contribution in [0.3, 0.4) is 0 Å². The molecule has 2 amide bonds. The van der Waals surface area contributed by atoms with Crippen molar-refractivity contribution < 1.29 is 14.3 Å². The van der Waals surface area contributed by atoms with Crippen molar-refractivity contribution in [3.05, 3.63) is 77.0 Å². The lowest BCUT2D eigenvalue weighted by atomic mass is 10.0. The number of benzene rings is 2. The van der Waals surface area contributed by atoms with E-state index in [1.807, 2.05) is 73.5 Å². The van der Waals surface area contributed by atoms with Crippen molar-refractivity contribution in [1.29, 1.82) is 0 Å². The van der Waals surface area contributed by atoms with Gasteiger partial charge in [-0.15, -0.1) is 0 Å². The molecule has 2 aromatic carbocycles. The van der Waals surface area contributed by atoms with E-state index in [1.54, 1.807) is 0 Å². The Morgan fingerprint density at radius 3 is 2.26 bits per heavy atom. The van der Waals surface area contributed by atoms with Gasteiger partial charge in [-0.1, -0.05) is 73.5 Å². The van der Waals surface area contributed by atoms with E-state index < -0.39 is 0 Å². The molecular weight excluding hydrogens is 388 g/mol. The predicted molar refractivity (Wildman–Crippen MR) is 123 cm³/mol. The lowest BCUT2D eigenvalue weighted by Gasteiger charge is -2.21. The molecule has 0 atom stereocenters. The van der Waals surface area contributed by atoms with E-state index in [0.717, 1.165) is 36.1 Å². The largest absolute Gasteiger partial charge is 0.381 e. The molecule has 0 saturated carbocycles. The van der Waals surface area contributed by atoms with Crippen molar-refractivity contribution in [3.8, 4) is 0 Å². The number of imide groups is 1. The van der Waals surface area contributed by atoms with Crippen LogP contribution >= 0.6 is 0 Å². The highest BCUT2D eigenvalue weighted by Gasteiger charge is 2.40. The lowest BCUT2D eigenvalue weighted by Crippen LogP contribution is -2.35. The number of amides is 2. The molecule has 1 heterocycles. The maximum absolute atomic E-state index is 13.3. The van der Waals surface area contributed by atoms with Crippen molar-refractivity contribution >= 4 is 17.4 Å². The zero-order valence-corrected chi connectivity index (χ0v) is 18.8. The molecule has 0 aliphatic carbocycles. The fourth-order valence-corrected chi connectivity index (χ4v) is 3.71. The van der Waals surface area contributed by atoms with Crippen LogP contribution in [-0.2, 0) is 20.9 Å². The third-order valence-corrected chi connectivity index (χ3v) is 5.44. The summed E-state index contributed by atoms with van der Waals surface area (Å²) in [5.74, 6) is -0.454. The highest BCUT2D eigenvalue weighted by atomic mass is 16.5. The number of carbonyl (C=O) groups is 2. The fraction of sp³-hybridized carbons (Fsp3) is 0.385. The van der Waals surface area contributed by atoms with Gasteiger partial charge in [0.1, 0.15) is 5.70 Å². The SMILES string of the molecule is CCCCOCCCN1C(=O)C(c2ccc(C)cc2)=C(N(C)Cc2ccccc2)C1=O. The first kappa shape index (κ1) is 22.8. The number of hydrogen-bond donors (Lipinski definition) is 0. The summed E-state index contributed by atoms with van der Waals surface area (Å²) in [5, 5.41) is 0. The molecule has 0 N–H and O–H groups in total. The minimum atomic E-state index is -0.229. The van der Waals surface area contributed by atoms with Crippen LogP contribution in [0, 0.1) is 6.92 Å². The van der Waals surface area contributed by atoms with E-state index >= 15 is 0 Å². The van der Waals surface area contributed by atoms with Crippen LogP contribution in [0.1, 0.15) is 42.9 Å². The molecule has 0 bridgehead atoms. The minimum absolute atomic E-state index is 0.225. The van der Waals surface area contributed by atoms with Gasteiger partial charge in [0.25, 0.3) is 11.8 Å². The van der Waals surface area contributed by atoms with Gasteiger partial charge in [0.05, 0.1) is 5.57 Å². The molecule has 164 valence electrons. The molecule has 0 unspecified atom stereocenters. The van der Waals surface area contributed by atoms with Crippen molar-refractivity contribution in [3.63, 3.8) is 0 Å². The summed E-state index contributed by atoms with van der Waals surface area (Å²) in [6, 6.07) is 17.8. The first-order valence-electron chi connectivity index (χ1n) is 11.0. The van der Waals surface area contributed by atoms with Crippen molar-refractivity contribution in [2.24, 2.45) is 0 Å². The van der Waals surface area contributed by atoms with Crippen molar-refractivity contribution in [1.82, 2.24) is 9.80 Å². The Morgan fingerprint density at radius 1 is 0.903 bits per heavy atom. The van der Waals surface area contributed by atoms with Crippen LogP contribution in [0.15, 0.2) is 60.3 Å². The van der Waals surface area contributed by atoms with Gasteiger partial charge in [0.15, 0.2) is 0 Å². The van der Waals surface area contributed by atoms with Gasteiger partial charge in [-0.2, -0.15) is 0 Å². The van der Waals surface area contributed by atoms with Gasteiger partial charge in [-0.3, -0.25) is 14.5 Å². The summed E-state index contributed by atoms with van der Waals surface area (Å²) in [4.78, 5) is 29.9. The van der Waals surface area contributed by atoms with Gasteiger partial charge in [-0.05, 0) is 30.9 Å². The summed E-state index contributed by atoms with van der Waals surface area (Å²) in [6.45, 7) is 6.31. The molecule has 31 heavy (non-hydrogen) atoms. The number of rotatable bonds is 11. The number of unbranched alkanes of at least 4 members (excludes halogenated alkanes) is 1. The molecule has 0 fully saturated rings. The molecule has 0 aromatic heterocycles. The Hall–Kier alpha value is -2.92. The van der Waals surface area contributed by atoms with Gasteiger partial charge in [0, 0.05) is 33.4 Å². The Balaban J connectivity index is 1.82. The smallest absolute Gasteiger partial charge is 0.277 e. The second-order valence-corrected chi connectivity index (χ2v) is 8.01. The van der Waals surface area contributed by atoms with E-state index in [9.17, 15) is 9.59 Å². The number of ether oxygens (including phenoxy) is 1. The molecule has 2 aromatic rings. The maximum atomic E-state index is 13.3. The summed E-state index contributed by atoms with van der Waals surface area (Å²) < 4.78 is 5.61. The number of hydrogen-bond acceptors (Lipinski definition) is 4. The molecule has 1 aliphatic heterocycles. The maximum Gasteiger partial charge on any atom is 0.277 e. The van der Waals surface area contributed by atoms with E-state index in [1.165, 1.54) is 4.90 Å². The zero-order valence-electron chi connectivity index (χ0n) is 18.8. The lowest BCUT2D eigenvalue weighted by molar-refractivity contribution is -0.137. The average Bonchev–Trinajstić information content (AvgIpc) is 3.02. The third-order valence-electron chi connectivity index (χ3n) is 5.44. The first-order valence-corrected chi connectivity index (χ1v) is 11.0. The molecule has 1 aliphatic rings. The van der Waals surface area contributed by atoms with E-state index in [-0.39, 0.29) is 11.8 Å². The summed E-state index contributed by atoms with van der Waals surface area (Å²) in [7, 11) is 1.87. The highest BCUT2D eigenvalue weighted by Crippen LogP contribution is 2.32. The van der Waals surface area contributed by atoms with Crippen LogP contribution in [0.25, 0.3) is 5.57 Å². The highest BCUT2D eigenvalue weighted by molar-refractivity contribution is 6.35. The van der Waals surface area contributed by atoms with Gasteiger partial charge in [0.2, 0.25) is 0 Å². The van der Waals surface area contributed by atoms with E-state index in [2.05, 4.69) is 6.92 Å². The third kappa shape index (κ3) is 5.61. The van der Waals surface area contributed by atoms with Crippen LogP contribution in [0.5, 0.6) is 0 Å². The van der Waals surface area contributed by atoms with Gasteiger partial charge in [-0.25, -0.2) is 0 Å². The van der Waals surface area contributed by atoms with E-state index in [4.69, 9.17) is 4.74 Å². The first-order chi connectivity index (χ1) is 15.0. The molecule has 0 spiro atoms. The van der Waals surface area contributed by atoms with Crippen molar-refractivity contribution in [2.75, 3.05) is 26.8 Å². The average molecular weight is 421 g/mol. The number of aryl methyl sites for hydroxylation is 1. The van der Waals surface area contributed by atoms with Gasteiger partial charge >= 0.3 is 0 Å². The monoisotopic (exact) mass is 420 g/mol. The minimum Gasteiger partial charge on any atom is -0.381 e.